The third kappa shape index (κ3) is 6.84. The van der Waals surface area contributed by atoms with Crippen LogP contribution < -0.4 is 16.3 Å². The minimum absolute atomic E-state index is 0.0354. The molecule has 1 aromatic heterocycles. The number of rotatable bonds is 5. The number of carboxylic acid groups (broad SMARTS) is 1. The maximum absolute atomic E-state index is 12.8. The Labute approximate surface area is 196 Å². The number of nitrogens with zero attached hydrogens (tertiary/aromatic N) is 2. The summed E-state index contributed by atoms with van der Waals surface area (Å²) in [7, 11) is 2.05. The van der Waals surface area contributed by atoms with Crippen LogP contribution in [-0.4, -0.2) is 83.7 Å². The van der Waals surface area contributed by atoms with E-state index in [1.54, 1.807) is 24.3 Å². The molecule has 2 aliphatic rings. The van der Waals surface area contributed by atoms with Crippen LogP contribution in [0.1, 0.15) is 36.2 Å². The number of para-hydroxylation sites is 1. The molecule has 11 heteroatoms. The number of ether oxygens (including phenoxy) is 1. The SMILES string of the molecule is CN1CCOC(CNC(=O)C2CCC(NC(=O)c3nc(=O)[nH]c4ccccc34)CC2)C1.O=CO. The molecular formula is C23H31N5O6. The number of aromatic nitrogens is 2. The normalized spacial score (nSPS) is 22.8. The van der Waals surface area contributed by atoms with Crippen molar-refractivity contribution in [2.75, 3.05) is 33.3 Å². The quantitative estimate of drug-likeness (QED) is 0.454. The summed E-state index contributed by atoms with van der Waals surface area (Å²) in [4.78, 5) is 54.2. The molecule has 1 aliphatic heterocycles. The van der Waals surface area contributed by atoms with Crippen molar-refractivity contribution in [3.63, 3.8) is 0 Å². The summed E-state index contributed by atoms with van der Waals surface area (Å²) in [6.07, 6.45) is 2.90. The second-order valence-corrected chi connectivity index (χ2v) is 8.56. The van der Waals surface area contributed by atoms with Crippen molar-refractivity contribution in [3.8, 4) is 0 Å². The molecule has 2 fully saturated rings. The van der Waals surface area contributed by atoms with Gasteiger partial charge < -0.3 is 30.4 Å². The number of carbonyl (C=O) groups excluding carboxylic acids is 2. The lowest BCUT2D eigenvalue weighted by Gasteiger charge is -2.31. The molecule has 2 aromatic rings. The molecule has 0 radical (unpaired) electrons. The summed E-state index contributed by atoms with van der Waals surface area (Å²) in [5.74, 6) is -0.342. The number of likely N-dealkylation sites (N-methyl/N-ethyl adjacent to an activating group) is 1. The molecule has 184 valence electrons. The number of aromatic amines is 1. The third-order valence-corrected chi connectivity index (χ3v) is 6.13. The number of morpholine rings is 1. The van der Waals surface area contributed by atoms with Crippen LogP contribution in [0.2, 0.25) is 0 Å². The van der Waals surface area contributed by atoms with Crippen molar-refractivity contribution in [1.29, 1.82) is 0 Å². The van der Waals surface area contributed by atoms with E-state index >= 15 is 0 Å². The number of H-pyrrole nitrogens is 1. The Morgan fingerprint density at radius 3 is 2.68 bits per heavy atom. The lowest BCUT2D eigenvalue weighted by molar-refractivity contribution is -0.127. The highest BCUT2D eigenvalue weighted by molar-refractivity contribution is 6.04. The van der Waals surface area contributed by atoms with Crippen molar-refractivity contribution >= 4 is 29.2 Å². The van der Waals surface area contributed by atoms with Crippen molar-refractivity contribution in [2.24, 2.45) is 5.92 Å². The van der Waals surface area contributed by atoms with Crippen molar-refractivity contribution in [3.05, 3.63) is 40.4 Å². The van der Waals surface area contributed by atoms with E-state index in [-0.39, 0.29) is 42.0 Å². The predicted molar refractivity (Wildman–Crippen MR) is 125 cm³/mol. The fourth-order valence-corrected chi connectivity index (χ4v) is 4.38. The van der Waals surface area contributed by atoms with E-state index in [0.29, 0.717) is 49.7 Å². The smallest absolute Gasteiger partial charge is 0.346 e. The average molecular weight is 474 g/mol. The summed E-state index contributed by atoms with van der Waals surface area (Å²) < 4.78 is 5.69. The first-order valence-corrected chi connectivity index (χ1v) is 11.4. The zero-order chi connectivity index (χ0) is 24.5. The van der Waals surface area contributed by atoms with E-state index < -0.39 is 5.69 Å². The number of carbonyl (C=O) groups is 3. The van der Waals surface area contributed by atoms with Crippen LogP contribution in [0.15, 0.2) is 29.1 Å². The van der Waals surface area contributed by atoms with Crippen molar-refractivity contribution < 1.29 is 24.2 Å². The van der Waals surface area contributed by atoms with Gasteiger partial charge in [0.25, 0.3) is 12.4 Å². The number of benzene rings is 1. The van der Waals surface area contributed by atoms with E-state index in [9.17, 15) is 14.4 Å². The van der Waals surface area contributed by atoms with Crippen LogP contribution in [-0.2, 0) is 14.3 Å². The minimum atomic E-state index is -0.544. The molecule has 11 nitrogen and oxygen atoms in total. The van der Waals surface area contributed by atoms with Gasteiger partial charge in [-0.15, -0.1) is 0 Å². The van der Waals surface area contributed by atoms with Gasteiger partial charge in [0.1, 0.15) is 5.69 Å². The number of amides is 2. The molecule has 1 atom stereocenters. The van der Waals surface area contributed by atoms with E-state index in [2.05, 4.69) is 32.5 Å². The number of nitrogens with one attached hydrogen (secondary N) is 3. The second-order valence-electron chi connectivity index (χ2n) is 8.56. The van der Waals surface area contributed by atoms with Gasteiger partial charge in [0, 0.05) is 37.0 Å². The standard InChI is InChI=1S/C22H29N5O4.CH2O2/c1-27-10-11-31-16(13-27)12-23-20(28)14-6-8-15(9-7-14)24-21(29)19-17-4-2-3-5-18(17)25-22(30)26-19;2-1-3/h2-5,14-16H,6-13H2,1H3,(H,23,28)(H,24,29)(H,25,26,30);1H,(H,2,3). The number of hydrogen-bond donors (Lipinski definition) is 4. The van der Waals surface area contributed by atoms with E-state index in [4.69, 9.17) is 14.6 Å². The van der Waals surface area contributed by atoms with Crippen LogP contribution in [0.25, 0.3) is 10.9 Å². The van der Waals surface area contributed by atoms with E-state index in [0.717, 1.165) is 13.1 Å². The number of hydrogen-bond acceptors (Lipinski definition) is 7. The highest BCUT2D eigenvalue weighted by atomic mass is 16.5. The first kappa shape index (κ1) is 25.3. The summed E-state index contributed by atoms with van der Waals surface area (Å²) >= 11 is 0. The fourth-order valence-electron chi connectivity index (χ4n) is 4.38. The lowest BCUT2D eigenvalue weighted by atomic mass is 9.85. The Balaban J connectivity index is 0.00000103. The number of fused-ring (bicyclic) bond motifs is 1. The molecule has 1 saturated heterocycles. The molecule has 0 bridgehead atoms. The first-order chi connectivity index (χ1) is 16.4. The molecule has 1 saturated carbocycles. The van der Waals surface area contributed by atoms with E-state index in [1.165, 1.54) is 0 Å². The summed E-state index contributed by atoms with van der Waals surface area (Å²) in [6, 6.07) is 7.08. The molecule has 1 unspecified atom stereocenters. The Bertz CT molecular complexity index is 1050. The largest absolute Gasteiger partial charge is 0.483 e. The van der Waals surface area contributed by atoms with Gasteiger partial charge in [0.15, 0.2) is 0 Å². The molecular weight excluding hydrogens is 442 g/mol. The van der Waals surface area contributed by atoms with Crippen LogP contribution in [0, 0.1) is 5.92 Å². The van der Waals surface area contributed by atoms with Gasteiger partial charge >= 0.3 is 5.69 Å². The second kappa shape index (κ2) is 12.2. The topological polar surface area (TPSA) is 154 Å². The highest BCUT2D eigenvalue weighted by Gasteiger charge is 2.28. The van der Waals surface area contributed by atoms with E-state index in [1.807, 2.05) is 0 Å². The van der Waals surface area contributed by atoms with Crippen LogP contribution in [0.4, 0.5) is 0 Å². The fraction of sp³-hybridized carbons (Fsp3) is 0.522. The molecule has 4 rings (SSSR count). The highest BCUT2D eigenvalue weighted by Crippen LogP contribution is 2.25. The summed E-state index contributed by atoms with van der Waals surface area (Å²) in [5.41, 5.74) is 0.176. The van der Waals surface area contributed by atoms with Crippen LogP contribution in [0.3, 0.4) is 0 Å². The van der Waals surface area contributed by atoms with Gasteiger partial charge in [-0.1, -0.05) is 18.2 Å². The monoisotopic (exact) mass is 473 g/mol. The summed E-state index contributed by atoms with van der Waals surface area (Å²) in [5, 5.41) is 13.5. The lowest BCUT2D eigenvalue weighted by Crippen LogP contribution is -2.47. The van der Waals surface area contributed by atoms with Crippen LogP contribution >= 0.6 is 0 Å². The van der Waals surface area contributed by atoms with Gasteiger partial charge in [-0.3, -0.25) is 14.4 Å². The van der Waals surface area contributed by atoms with Crippen molar-refractivity contribution in [1.82, 2.24) is 25.5 Å². The zero-order valence-electron chi connectivity index (χ0n) is 19.2. The predicted octanol–water partition coefficient (Wildman–Crippen LogP) is 0.359. The molecule has 4 N–H and O–H groups in total. The van der Waals surface area contributed by atoms with Gasteiger partial charge in [0.2, 0.25) is 5.91 Å². The van der Waals surface area contributed by atoms with Gasteiger partial charge in [0.05, 0.1) is 18.2 Å². The maximum atomic E-state index is 12.8. The Hall–Kier alpha value is -3.31. The molecule has 34 heavy (non-hydrogen) atoms. The third-order valence-electron chi connectivity index (χ3n) is 6.13. The summed E-state index contributed by atoms with van der Waals surface area (Å²) in [6.45, 7) is 2.72. The molecule has 2 amide bonds. The van der Waals surface area contributed by atoms with Gasteiger partial charge in [-0.2, -0.15) is 4.98 Å². The maximum Gasteiger partial charge on any atom is 0.346 e. The first-order valence-electron chi connectivity index (χ1n) is 11.4. The zero-order valence-corrected chi connectivity index (χ0v) is 19.2. The molecule has 1 aliphatic carbocycles. The minimum Gasteiger partial charge on any atom is -0.483 e. The molecule has 1 aromatic carbocycles. The van der Waals surface area contributed by atoms with Gasteiger partial charge in [-0.25, -0.2) is 4.79 Å². The van der Waals surface area contributed by atoms with Crippen LogP contribution in [0.5, 0.6) is 0 Å². The Morgan fingerprint density at radius 1 is 1.26 bits per heavy atom. The Kier molecular flexibility index (Phi) is 9.11. The molecule has 0 spiro atoms. The molecule has 2 heterocycles. The average Bonchev–Trinajstić information content (AvgIpc) is 2.83. The Morgan fingerprint density at radius 2 is 1.97 bits per heavy atom. The van der Waals surface area contributed by atoms with Crippen molar-refractivity contribution in [2.45, 2.75) is 37.8 Å². The van der Waals surface area contributed by atoms with Gasteiger partial charge in [-0.05, 0) is 38.8 Å².